The molecule has 1 aliphatic rings. The first-order valence-electron chi connectivity index (χ1n) is 8.56. The molecule has 1 N–H and O–H groups in total. The monoisotopic (exact) mass is 384 g/mol. The number of aromatic amines is 1. The quantitative estimate of drug-likeness (QED) is 0.576. The van der Waals surface area contributed by atoms with Crippen LogP contribution in [0, 0.1) is 29.0 Å². The van der Waals surface area contributed by atoms with Gasteiger partial charge in [-0.1, -0.05) is 35.9 Å². The summed E-state index contributed by atoms with van der Waals surface area (Å²) in [6, 6.07) is 13.4. The summed E-state index contributed by atoms with van der Waals surface area (Å²) in [5, 5.41) is 10.8. The van der Waals surface area contributed by atoms with Gasteiger partial charge in [0.1, 0.15) is 5.82 Å². The minimum Gasteiger partial charge on any atom is -0.361 e. The van der Waals surface area contributed by atoms with Gasteiger partial charge in [0.2, 0.25) is 0 Å². The Balaban J connectivity index is 1.87. The van der Waals surface area contributed by atoms with Gasteiger partial charge in [-0.15, -0.1) is 0 Å². The van der Waals surface area contributed by atoms with Gasteiger partial charge in [0.05, 0.1) is 12.0 Å². The Morgan fingerprint density at radius 3 is 2.88 bits per heavy atom. The van der Waals surface area contributed by atoms with Crippen LogP contribution in [0.1, 0.15) is 29.0 Å². The highest BCUT2D eigenvalue weighted by Gasteiger charge is 2.46. The van der Waals surface area contributed by atoms with Crippen molar-refractivity contribution in [2.75, 3.05) is 6.26 Å². The Morgan fingerprint density at radius 1 is 1.35 bits per heavy atom. The molecule has 0 radical (unpaired) electrons. The zero-order chi connectivity index (χ0) is 18.3. The lowest BCUT2D eigenvalue weighted by atomic mass is 9.85. The van der Waals surface area contributed by atoms with E-state index in [1.807, 2.05) is 6.20 Å². The summed E-state index contributed by atoms with van der Waals surface area (Å²) in [7, 11) is 0. The van der Waals surface area contributed by atoms with Crippen LogP contribution in [0.4, 0.5) is 4.39 Å². The molecule has 1 fully saturated rings. The summed E-state index contributed by atoms with van der Waals surface area (Å²) >= 11 is 7.72. The molecule has 3 atom stereocenters. The number of nitriles is 1. The van der Waals surface area contributed by atoms with E-state index in [0.29, 0.717) is 10.6 Å². The lowest BCUT2D eigenvalue weighted by Crippen LogP contribution is -2.07. The maximum atomic E-state index is 14.7. The Morgan fingerprint density at radius 2 is 2.19 bits per heavy atom. The summed E-state index contributed by atoms with van der Waals surface area (Å²) in [5.74, 6) is 0.589. The molecule has 3 unspecified atom stereocenters. The van der Waals surface area contributed by atoms with E-state index in [9.17, 15) is 9.65 Å². The van der Waals surface area contributed by atoms with Crippen molar-refractivity contribution in [1.29, 1.82) is 5.26 Å². The number of rotatable bonds is 5. The standard InChI is InChI=1S/C21H18ClFN2S/c1-26-11-12-3-2-4-15-18(10-25-21(12)15)20(17-7-13(17)9-24)16-6-5-14(22)8-19(16)23/h2-6,8,10,13,17,20,25H,7,11H2,1H3. The summed E-state index contributed by atoms with van der Waals surface area (Å²) in [4.78, 5) is 3.39. The molecule has 0 amide bonds. The second-order valence-corrected chi connectivity index (χ2v) is 8.10. The first-order chi connectivity index (χ1) is 12.6. The highest BCUT2D eigenvalue weighted by molar-refractivity contribution is 7.97. The van der Waals surface area contributed by atoms with Crippen molar-refractivity contribution < 1.29 is 4.39 Å². The average molecular weight is 385 g/mol. The molecule has 132 valence electrons. The SMILES string of the molecule is CSCc1cccc2c(C(c3ccc(Cl)cc3F)C3CC3C#N)c[nH]c12. The van der Waals surface area contributed by atoms with Gasteiger partial charge in [0, 0.05) is 33.8 Å². The maximum Gasteiger partial charge on any atom is 0.128 e. The van der Waals surface area contributed by atoms with Crippen LogP contribution in [0.3, 0.4) is 0 Å². The van der Waals surface area contributed by atoms with Gasteiger partial charge in [0.25, 0.3) is 0 Å². The first-order valence-corrected chi connectivity index (χ1v) is 10.3. The highest BCUT2D eigenvalue weighted by Crippen LogP contribution is 2.53. The van der Waals surface area contributed by atoms with Crippen LogP contribution in [0.5, 0.6) is 0 Å². The van der Waals surface area contributed by atoms with Crippen molar-refractivity contribution in [1.82, 2.24) is 4.98 Å². The van der Waals surface area contributed by atoms with E-state index < -0.39 is 0 Å². The van der Waals surface area contributed by atoms with E-state index in [1.54, 1.807) is 23.9 Å². The molecule has 26 heavy (non-hydrogen) atoms. The zero-order valence-electron chi connectivity index (χ0n) is 14.3. The van der Waals surface area contributed by atoms with Crippen molar-refractivity contribution in [2.24, 2.45) is 11.8 Å². The van der Waals surface area contributed by atoms with E-state index in [4.69, 9.17) is 11.6 Å². The number of hydrogen-bond acceptors (Lipinski definition) is 2. The maximum absolute atomic E-state index is 14.7. The molecule has 4 rings (SSSR count). The van der Waals surface area contributed by atoms with Crippen molar-refractivity contribution >= 4 is 34.3 Å². The molecule has 5 heteroatoms. The van der Waals surface area contributed by atoms with Gasteiger partial charge < -0.3 is 4.98 Å². The third-order valence-electron chi connectivity index (χ3n) is 5.20. The number of aromatic nitrogens is 1. The van der Waals surface area contributed by atoms with E-state index in [-0.39, 0.29) is 23.6 Å². The molecular formula is C21H18ClFN2S. The number of nitrogens with one attached hydrogen (secondary N) is 1. The fourth-order valence-electron chi connectivity index (χ4n) is 3.89. The molecule has 3 aromatic rings. The minimum atomic E-state index is -0.305. The molecule has 2 nitrogen and oxygen atoms in total. The van der Waals surface area contributed by atoms with Crippen LogP contribution in [-0.4, -0.2) is 11.2 Å². The average Bonchev–Trinajstić information content (AvgIpc) is 3.28. The van der Waals surface area contributed by atoms with Crippen LogP contribution in [0.25, 0.3) is 10.9 Å². The molecule has 0 bridgehead atoms. The van der Waals surface area contributed by atoms with Gasteiger partial charge in [-0.2, -0.15) is 17.0 Å². The minimum absolute atomic E-state index is 0.0191. The highest BCUT2D eigenvalue weighted by atomic mass is 35.5. The smallest absolute Gasteiger partial charge is 0.128 e. The molecule has 0 saturated heterocycles. The number of H-pyrrole nitrogens is 1. The Kier molecular flexibility index (Phi) is 4.69. The number of halogens is 2. The Hall–Kier alpha value is -1.96. The summed E-state index contributed by atoms with van der Waals surface area (Å²) in [6.07, 6.45) is 4.87. The largest absolute Gasteiger partial charge is 0.361 e. The molecule has 1 aliphatic carbocycles. The van der Waals surface area contributed by atoms with Crippen molar-refractivity contribution in [3.05, 3.63) is 70.1 Å². The normalized spacial score (nSPS) is 20.1. The van der Waals surface area contributed by atoms with E-state index in [1.165, 1.54) is 11.6 Å². The lowest BCUT2D eigenvalue weighted by Gasteiger charge is -2.18. The number of thioether (sulfide) groups is 1. The second kappa shape index (κ2) is 6.98. The fourth-order valence-corrected chi connectivity index (χ4v) is 4.60. The predicted octanol–water partition coefficient (Wildman–Crippen LogP) is 6.11. The molecule has 1 aromatic heterocycles. The van der Waals surface area contributed by atoms with Crippen LogP contribution in [0.2, 0.25) is 5.02 Å². The van der Waals surface area contributed by atoms with Crippen molar-refractivity contribution in [3.8, 4) is 6.07 Å². The Bertz CT molecular complexity index is 1010. The molecule has 2 aromatic carbocycles. The van der Waals surface area contributed by atoms with Crippen LogP contribution < -0.4 is 0 Å². The topological polar surface area (TPSA) is 39.6 Å². The lowest BCUT2D eigenvalue weighted by molar-refractivity contribution is 0.575. The van der Waals surface area contributed by atoms with Gasteiger partial charge in [-0.3, -0.25) is 0 Å². The molecule has 1 heterocycles. The summed E-state index contributed by atoms with van der Waals surface area (Å²) in [5.41, 5.74) is 4.02. The van der Waals surface area contributed by atoms with Crippen molar-refractivity contribution in [3.63, 3.8) is 0 Å². The summed E-state index contributed by atoms with van der Waals surface area (Å²) < 4.78 is 14.7. The van der Waals surface area contributed by atoms with Crippen LogP contribution in [0.15, 0.2) is 42.6 Å². The number of para-hydroxylation sites is 1. The van der Waals surface area contributed by atoms with Crippen LogP contribution >= 0.6 is 23.4 Å². The second-order valence-electron chi connectivity index (χ2n) is 6.80. The number of nitrogens with zero attached hydrogens (tertiary/aromatic N) is 1. The van der Waals surface area contributed by atoms with E-state index in [0.717, 1.165) is 28.6 Å². The predicted molar refractivity (Wildman–Crippen MR) is 106 cm³/mol. The van der Waals surface area contributed by atoms with Gasteiger partial charge in [-0.05, 0) is 47.4 Å². The number of hydrogen-bond donors (Lipinski definition) is 1. The Labute approximate surface area is 161 Å². The first kappa shape index (κ1) is 17.5. The zero-order valence-corrected chi connectivity index (χ0v) is 15.9. The van der Waals surface area contributed by atoms with Gasteiger partial charge >= 0.3 is 0 Å². The van der Waals surface area contributed by atoms with Crippen molar-refractivity contribution in [2.45, 2.75) is 18.1 Å². The third-order valence-corrected chi connectivity index (χ3v) is 6.03. The number of benzene rings is 2. The summed E-state index contributed by atoms with van der Waals surface area (Å²) in [6.45, 7) is 0. The van der Waals surface area contributed by atoms with Gasteiger partial charge in [-0.25, -0.2) is 4.39 Å². The number of fused-ring (bicyclic) bond motifs is 1. The molecular weight excluding hydrogens is 367 g/mol. The third kappa shape index (κ3) is 3.00. The van der Waals surface area contributed by atoms with Gasteiger partial charge in [0.15, 0.2) is 0 Å². The van der Waals surface area contributed by atoms with E-state index in [2.05, 4.69) is 35.5 Å². The van der Waals surface area contributed by atoms with Crippen LogP contribution in [-0.2, 0) is 5.75 Å². The molecule has 1 saturated carbocycles. The molecule has 0 aliphatic heterocycles. The fraction of sp³-hybridized carbons (Fsp3) is 0.286. The van der Waals surface area contributed by atoms with E-state index >= 15 is 0 Å². The molecule has 0 spiro atoms.